The van der Waals surface area contributed by atoms with E-state index in [2.05, 4.69) is 24.2 Å². The molecule has 1 aliphatic rings. The van der Waals surface area contributed by atoms with E-state index in [1.807, 2.05) is 23.7 Å². The Bertz CT molecular complexity index is 591. The quantitative estimate of drug-likeness (QED) is 0.877. The highest BCUT2D eigenvalue weighted by Crippen LogP contribution is 2.23. The molecule has 2 amide bonds. The largest absolute Gasteiger partial charge is 0.334 e. The lowest BCUT2D eigenvalue weighted by Crippen LogP contribution is -2.41. The van der Waals surface area contributed by atoms with Crippen LogP contribution in [0.4, 0.5) is 9.93 Å². The van der Waals surface area contributed by atoms with Crippen molar-refractivity contribution in [2.75, 3.05) is 24.7 Å². The van der Waals surface area contributed by atoms with Gasteiger partial charge in [0.25, 0.3) is 0 Å². The summed E-state index contributed by atoms with van der Waals surface area (Å²) in [4.78, 5) is 22.3. The van der Waals surface area contributed by atoms with Gasteiger partial charge in [0.1, 0.15) is 0 Å². The number of carbonyl (C=O) groups is 1. The van der Waals surface area contributed by atoms with Crippen LogP contribution in [0.5, 0.6) is 0 Å². The normalized spacial score (nSPS) is 16.1. The van der Waals surface area contributed by atoms with Crippen molar-refractivity contribution >= 4 is 34.5 Å². The predicted octanol–water partition coefficient (Wildman–Crippen LogP) is 2.33. The number of hydrogen-bond acceptors (Lipinski definition) is 6. The zero-order valence-electron chi connectivity index (χ0n) is 11.6. The van der Waals surface area contributed by atoms with E-state index < -0.39 is 0 Å². The van der Waals surface area contributed by atoms with Crippen molar-refractivity contribution in [3.05, 3.63) is 18.7 Å². The van der Waals surface area contributed by atoms with Gasteiger partial charge in [0.05, 0.1) is 6.33 Å². The molecule has 2 aromatic rings. The number of piperidine rings is 1. The third-order valence-corrected chi connectivity index (χ3v) is 4.80. The Morgan fingerprint density at radius 2 is 2.29 bits per heavy atom. The van der Waals surface area contributed by atoms with Gasteiger partial charge in [0, 0.05) is 43.1 Å². The maximum absolute atomic E-state index is 12.2. The molecular formula is C12H16N6OS2. The fourth-order valence-electron chi connectivity index (χ4n) is 2.37. The number of imidazole rings is 1. The standard InChI is InChI=1S/C12H16N6OS2/c1-20-11-14-10(21-16-11)15-12(19)17-5-2-9(3-6-17)18-7-4-13-8-18/h4,7-9H,2-3,5-6H2,1H3,(H,14,15,16,19). The second-order valence-electron chi connectivity index (χ2n) is 4.74. The van der Waals surface area contributed by atoms with Crippen molar-refractivity contribution in [3.8, 4) is 0 Å². The molecule has 3 rings (SSSR count). The van der Waals surface area contributed by atoms with Crippen LogP contribution in [0.2, 0.25) is 0 Å². The Labute approximate surface area is 130 Å². The molecule has 9 heteroatoms. The fraction of sp³-hybridized carbons (Fsp3) is 0.500. The summed E-state index contributed by atoms with van der Waals surface area (Å²) in [6.45, 7) is 1.48. The van der Waals surface area contributed by atoms with Crippen LogP contribution in [0.25, 0.3) is 0 Å². The molecule has 3 heterocycles. The molecule has 0 unspecified atom stereocenters. The monoisotopic (exact) mass is 324 g/mol. The number of anilines is 1. The topological polar surface area (TPSA) is 75.9 Å². The van der Waals surface area contributed by atoms with Crippen molar-refractivity contribution in [2.24, 2.45) is 0 Å². The Kier molecular flexibility index (Phi) is 4.39. The van der Waals surface area contributed by atoms with Crippen molar-refractivity contribution in [2.45, 2.75) is 24.0 Å². The predicted molar refractivity (Wildman–Crippen MR) is 82.8 cm³/mol. The summed E-state index contributed by atoms with van der Waals surface area (Å²) in [5, 5.41) is 4.06. The van der Waals surface area contributed by atoms with E-state index in [1.54, 1.807) is 6.20 Å². The highest BCUT2D eigenvalue weighted by molar-refractivity contribution is 7.98. The first-order chi connectivity index (χ1) is 10.3. The van der Waals surface area contributed by atoms with Gasteiger partial charge in [0.15, 0.2) is 0 Å². The number of likely N-dealkylation sites (tertiary alicyclic amines) is 1. The van der Waals surface area contributed by atoms with E-state index in [9.17, 15) is 4.79 Å². The smallest absolute Gasteiger partial charge is 0.323 e. The minimum atomic E-state index is -0.0946. The Balaban J connectivity index is 1.53. The second-order valence-corrected chi connectivity index (χ2v) is 6.27. The molecule has 7 nitrogen and oxygen atoms in total. The summed E-state index contributed by atoms with van der Waals surface area (Å²) in [7, 11) is 0. The molecule has 21 heavy (non-hydrogen) atoms. The van der Waals surface area contributed by atoms with Crippen LogP contribution in [-0.2, 0) is 0 Å². The molecule has 0 saturated carbocycles. The Morgan fingerprint density at radius 1 is 1.48 bits per heavy atom. The van der Waals surface area contributed by atoms with Gasteiger partial charge >= 0.3 is 6.03 Å². The van der Waals surface area contributed by atoms with Crippen LogP contribution in [0.3, 0.4) is 0 Å². The number of thioether (sulfide) groups is 1. The summed E-state index contributed by atoms with van der Waals surface area (Å²) >= 11 is 2.68. The molecule has 1 saturated heterocycles. The summed E-state index contributed by atoms with van der Waals surface area (Å²) in [5.74, 6) is 0. The number of hydrogen-bond donors (Lipinski definition) is 1. The molecule has 0 aromatic carbocycles. The van der Waals surface area contributed by atoms with Gasteiger partial charge in [-0.1, -0.05) is 11.8 Å². The summed E-state index contributed by atoms with van der Waals surface area (Å²) in [6.07, 6.45) is 9.40. The molecule has 1 fully saturated rings. The summed E-state index contributed by atoms with van der Waals surface area (Å²) in [6, 6.07) is 0.337. The average molecular weight is 324 g/mol. The first kappa shape index (κ1) is 14.3. The molecule has 0 atom stereocenters. The third-order valence-electron chi connectivity index (χ3n) is 3.50. The first-order valence-corrected chi connectivity index (χ1v) is 8.67. The van der Waals surface area contributed by atoms with Gasteiger partial charge in [-0.15, -0.1) is 0 Å². The van der Waals surface area contributed by atoms with E-state index >= 15 is 0 Å². The van der Waals surface area contributed by atoms with Crippen LogP contribution in [0.15, 0.2) is 23.9 Å². The number of urea groups is 1. The number of amides is 2. The third kappa shape index (κ3) is 3.35. The lowest BCUT2D eigenvalue weighted by atomic mass is 10.1. The number of carbonyl (C=O) groups excluding carboxylic acids is 1. The molecule has 2 aromatic heterocycles. The van der Waals surface area contributed by atoms with Gasteiger partial charge in [-0.2, -0.15) is 9.36 Å². The van der Waals surface area contributed by atoms with Crippen LogP contribution in [0.1, 0.15) is 18.9 Å². The van der Waals surface area contributed by atoms with Crippen molar-refractivity contribution < 1.29 is 4.79 Å². The van der Waals surface area contributed by atoms with E-state index in [0.29, 0.717) is 16.3 Å². The molecule has 0 bridgehead atoms. The van der Waals surface area contributed by atoms with Crippen molar-refractivity contribution in [1.29, 1.82) is 0 Å². The minimum absolute atomic E-state index is 0.0946. The van der Waals surface area contributed by atoms with Gasteiger partial charge in [-0.05, 0) is 19.1 Å². The van der Waals surface area contributed by atoms with Gasteiger partial charge in [-0.25, -0.2) is 9.78 Å². The van der Waals surface area contributed by atoms with E-state index in [-0.39, 0.29) is 6.03 Å². The molecule has 0 radical (unpaired) electrons. The van der Waals surface area contributed by atoms with Crippen molar-refractivity contribution in [3.63, 3.8) is 0 Å². The first-order valence-electron chi connectivity index (χ1n) is 6.67. The van der Waals surface area contributed by atoms with Crippen molar-refractivity contribution in [1.82, 2.24) is 23.8 Å². The van der Waals surface area contributed by atoms with Crippen LogP contribution in [-0.4, -0.2) is 49.2 Å². The Morgan fingerprint density at radius 3 is 2.90 bits per heavy atom. The van der Waals surface area contributed by atoms with E-state index in [1.165, 1.54) is 23.3 Å². The lowest BCUT2D eigenvalue weighted by molar-refractivity contribution is 0.183. The molecule has 0 spiro atoms. The van der Waals surface area contributed by atoms with Crippen LogP contribution in [0, 0.1) is 0 Å². The fourth-order valence-corrected chi connectivity index (χ4v) is 3.48. The Hall–Kier alpha value is -1.61. The average Bonchev–Trinajstić information content (AvgIpc) is 3.19. The van der Waals surface area contributed by atoms with Crippen LogP contribution >= 0.6 is 23.3 Å². The van der Waals surface area contributed by atoms with Gasteiger partial charge < -0.3 is 9.47 Å². The molecule has 0 aliphatic carbocycles. The SMILES string of the molecule is CSc1nsc(NC(=O)N2CCC(n3ccnc3)CC2)n1. The highest BCUT2D eigenvalue weighted by Gasteiger charge is 2.24. The van der Waals surface area contributed by atoms with Gasteiger partial charge in [-0.3, -0.25) is 5.32 Å². The van der Waals surface area contributed by atoms with E-state index in [0.717, 1.165) is 25.9 Å². The minimum Gasteiger partial charge on any atom is -0.334 e. The molecular weight excluding hydrogens is 308 g/mol. The zero-order valence-corrected chi connectivity index (χ0v) is 13.2. The van der Waals surface area contributed by atoms with E-state index in [4.69, 9.17) is 0 Å². The van der Waals surface area contributed by atoms with Gasteiger partial charge in [0.2, 0.25) is 10.3 Å². The zero-order chi connectivity index (χ0) is 14.7. The number of nitrogens with zero attached hydrogens (tertiary/aromatic N) is 5. The molecule has 112 valence electrons. The maximum Gasteiger partial charge on any atom is 0.323 e. The lowest BCUT2D eigenvalue weighted by Gasteiger charge is -2.32. The maximum atomic E-state index is 12.2. The van der Waals surface area contributed by atoms with Crippen LogP contribution < -0.4 is 5.32 Å². The summed E-state index contributed by atoms with van der Waals surface area (Å²) < 4.78 is 6.24. The molecule has 1 aliphatic heterocycles. The number of rotatable bonds is 3. The highest BCUT2D eigenvalue weighted by atomic mass is 32.2. The number of nitrogens with one attached hydrogen (secondary N) is 1. The molecule has 1 N–H and O–H groups in total. The number of aromatic nitrogens is 4. The summed E-state index contributed by atoms with van der Waals surface area (Å²) in [5.41, 5.74) is 0. The second kappa shape index (κ2) is 6.44.